The smallest absolute Gasteiger partial charge is 0.0541 e. The molecule has 9 atom stereocenters. The number of hydrogen-bond donors (Lipinski definition) is 0. The molecule has 0 aliphatic heterocycles. The summed E-state index contributed by atoms with van der Waals surface area (Å²) in [6.07, 6.45) is 18.7. The van der Waals surface area contributed by atoms with Gasteiger partial charge in [0.2, 0.25) is 0 Å². The molecule has 0 radical (unpaired) electrons. The van der Waals surface area contributed by atoms with Crippen molar-refractivity contribution in [1.29, 1.82) is 0 Å². The Hall–Kier alpha value is -0.563. The summed E-state index contributed by atoms with van der Waals surface area (Å²) in [7, 11) is -1.23. The number of rotatable bonds is 3. The molecule has 0 saturated heterocycles. The average Bonchev–Trinajstić information content (AvgIpc) is 3.50. The summed E-state index contributed by atoms with van der Waals surface area (Å²) >= 11 is 0. The van der Waals surface area contributed by atoms with Gasteiger partial charge < -0.3 is 0 Å². The van der Waals surface area contributed by atoms with Gasteiger partial charge in [-0.25, -0.2) is 0 Å². The van der Waals surface area contributed by atoms with Crippen LogP contribution in [-0.2, 0) is 0 Å². The van der Waals surface area contributed by atoms with Gasteiger partial charge in [0.15, 0.2) is 0 Å². The van der Waals surface area contributed by atoms with E-state index in [4.69, 9.17) is 0 Å². The fourth-order valence-corrected chi connectivity index (χ4v) is 15.8. The molecule has 1 heteroatoms. The van der Waals surface area contributed by atoms with Crippen molar-refractivity contribution in [1.82, 2.24) is 0 Å². The molecule has 9 unspecified atom stereocenters. The fraction of sp³-hybridized carbons (Fsp3) is 0.793. The lowest BCUT2D eigenvalue weighted by molar-refractivity contribution is 0.121. The standard InChI is InChI=1S/C29H44Si/c1-30(2,27-17-15-20-9-6-7-13-23(20)27)28-18-16-25-26(28)19-22-12-8-14-24(22)29(25)21-10-4-3-5-11-21/h3-5,10-11,20,22-29H,6-9,12-19H2,1-2H3. The Bertz CT molecular complexity index is 738. The molecule has 5 aliphatic carbocycles. The zero-order valence-corrected chi connectivity index (χ0v) is 20.6. The van der Waals surface area contributed by atoms with Crippen molar-refractivity contribution >= 4 is 8.07 Å². The summed E-state index contributed by atoms with van der Waals surface area (Å²) in [5, 5.41) is 0. The van der Waals surface area contributed by atoms with E-state index in [1.165, 1.54) is 19.3 Å². The maximum atomic E-state index is 2.87. The molecule has 1 aromatic carbocycles. The maximum absolute atomic E-state index is 2.87. The van der Waals surface area contributed by atoms with E-state index in [0.29, 0.717) is 0 Å². The normalized spacial score (nSPS) is 45.7. The molecule has 0 spiro atoms. The van der Waals surface area contributed by atoms with Gasteiger partial charge in [-0.05, 0) is 77.3 Å². The fourth-order valence-electron chi connectivity index (χ4n) is 10.4. The van der Waals surface area contributed by atoms with Gasteiger partial charge in [0.1, 0.15) is 0 Å². The number of benzene rings is 1. The summed E-state index contributed by atoms with van der Waals surface area (Å²) in [6, 6.07) is 11.8. The Kier molecular flexibility index (Phi) is 5.21. The predicted octanol–water partition coefficient (Wildman–Crippen LogP) is 8.67. The first-order valence-corrected chi connectivity index (χ1v) is 16.8. The Morgan fingerprint density at radius 1 is 0.600 bits per heavy atom. The summed E-state index contributed by atoms with van der Waals surface area (Å²) in [6.45, 7) is 5.75. The summed E-state index contributed by atoms with van der Waals surface area (Å²) in [5.74, 6) is 7.27. The van der Waals surface area contributed by atoms with Crippen LogP contribution in [0.2, 0.25) is 24.2 Å². The summed E-state index contributed by atoms with van der Waals surface area (Å²) in [5.41, 5.74) is 3.99. The van der Waals surface area contributed by atoms with Crippen molar-refractivity contribution in [3.8, 4) is 0 Å². The molecule has 6 rings (SSSR count). The molecule has 164 valence electrons. The first kappa shape index (κ1) is 20.1. The molecule has 0 nitrogen and oxygen atoms in total. The van der Waals surface area contributed by atoms with Crippen molar-refractivity contribution < 1.29 is 0 Å². The van der Waals surface area contributed by atoms with E-state index in [1.54, 1.807) is 63.4 Å². The van der Waals surface area contributed by atoms with Gasteiger partial charge in [-0.1, -0.05) is 101 Å². The lowest BCUT2D eigenvalue weighted by Gasteiger charge is -2.49. The van der Waals surface area contributed by atoms with E-state index in [1.807, 2.05) is 0 Å². The van der Waals surface area contributed by atoms with Gasteiger partial charge in [0.05, 0.1) is 8.07 Å². The Labute approximate surface area is 186 Å². The van der Waals surface area contributed by atoms with Crippen LogP contribution in [-0.4, -0.2) is 8.07 Å². The first-order valence-electron chi connectivity index (χ1n) is 13.7. The molecule has 0 heterocycles. The highest BCUT2D eigenvalue weighted by Gasteiger charge is 2.57. The van der Waals surface area contributed by atoms with E-state index in [0.717, 1.165) is 52.5 Å². The van der Waals surface area contributed by atoms with Gasteiger partial charge in [-0.3, -0.25) is 0 Å². The highest BCUT2D eigenvalue weighted by molar-refractivity contribution is 6.80. The maximum Gasteiger partial charge on any atom is 0.0541 e. The molecular weight excluding hydrogens is 376 g/mol. The van der Waals surface area contributed by atoms with Crippen molar-refractivity contribution in [2.75, 3.05) is 0 Å². The number of hydrogen-bond acceptors (Lipinski definition) is 0. The third-order valence-electron chi connectivity index (χ3n) is 11.5. The molecule has 30 heavy (non-hydrogen) atoms. The minimum Gasteiger partial charge on any atom is -0.0689 e. The van der Waals surface area contributed by atoms with E-state index < -0.39 is 8.07 Å². The van der Waals surface area contributed by atoms with Crippen LogP contribution in [0.15, 0.2) is 30.3 Å². The topological polar surface area (TPSA) is 0 Å². The molecule has 5 saturated carbocycles. The van der Waals surface area contributed by atoms with Crippen LogP contribution in [0.5, 0.6) is 0 Å². The molecule has 0 N–H and O–H groups in total. The Morgan fingerprint density at radius 3 is 2.17 bits per heavy atom. The van der Waals surface area contributed by atoms with Gasteiger partial charge in [-0.2, -0.15) is 0 Å². The summed E-state index contributed by atoms with van der Waals surface area (Å²) < 4.78 is 0. The highest BCUT2D eigenvalue weighted by Crippen LogP contribution is 2.66. The second-order valence-electron chi connectivity index (χ2n) is 12.8. The lowest BCUT2D eigenvalue weighted by Crippen LogP contribution is -2.45. The molecule has 0 bridgehead atoms. The SMILES string of the molecule is C[Si](C)(C1CCC2CCCCC21)C1CCC2C1CC1CCCC1C2c1ccccc1. The third-order valence-corrected chi connectivity index (χ3v) is 16.8. The van der Waals surface area contributed by atoms with Crippen LogP contribution in [0.1, 0.15) is 88.5 Å². The molecule has 5 aliphatic rings. The minimum absolute atomic E-state index is 0.887. The van der Waals surface area contributed by atoms with Crippen molar-refractivity contribution in [2.45, 2.75) is 107 Å². The number of fused-ring (bicyclic) bond motifs is 3. The molecule has 0 amide bonds. The van der Waals surface area contributed by atoms with E-state index in [2.05, 4.69) is 43.4 Å². The van der Waals surface area contributed by atoms with E-state index in [9.17, 15) is 0 Å². The monoisotopic (exact) mass is 420 g/mol. The first-order chi connectivity index (χ1) is 14.6. The van der Waals surface area contributed by atoms with Crippen LogP contribution in [0.25, 0.3) is 0 Å². The molecular formula is C29H44Si. The van der Waals surface area contributed by atoms with Gasteiger partial charge in [0.25, 0.3) is 0 Å². The average molecular weight is 421 g/mol. The highest BCUT2D eigenvalue weighted by atomic mass is 28.3. The van der Waals surface area contributed by atoms with Crippen LogP contribution >= 0.6 is 0 Å². The van der Waals surface area contributed by atoms with Crippen LogP contribution in [0.4, 0.5) is 0 Å². The molecule has 5 fully saturated rings. The second-order valence-corrected chi connectivity index (χ2v) is 17.9. The zero-order chi connectivity index (χ0) is 20.3. The summed E-state index contributed by atoms with van der Waals surface area (Å²) in [4.78, 5) is 0. The predicted molar refractivity (Wildman–Crippen MR) is 131 cm³/mol. The second kappa shape index (κ2) is 7.79. The third kappa shape index (κ3) is 3.12. The van der Waals surface area contributed by atoms with Crippen LogP contribution in [0, 0.1) is 35.5 Å². The minimum atomic E-state index is -1.23. The van der Waals surface area contributed by atoms with Crippen molar-refractivity contribution in [2.24, 2.45) is 35.5 Å². The largest absolute Gasteiger partial charge is 0.0689 e. The molecule has 1 aromatic rings. The van der Waals surface area contributed by atoms with E-state index in [-0.39, 0.29) is 0 Å². The van der Waals surface area contributed by atoms with Crippen molar-refractivity contribution in [3.05, 3.63) is 35.9 Å². The van der Waals surface area contributed by atoms with Gasteiger partial charge >= 0.3 is 0 Å². The molecule has 0 aromatic heterocycles. The van der Waals surface area contributed by atoms with E-state index >= 15 is 0 Å². The van der Waals surface area contributed by atoms with Gasteiger partial charge in [-0.15, -0.1) is 0 Å². The van der Waals surface area contributed by atoms with Crippen LogP contribution in [0.3, 0.4) is 0 Å². The Morgan fingerprint density at radius 2 is 1.30 bits per heavy atom. The van der Waals surface area contributed by atoms with Crippen LogP contribution < -0.4 is 0 Å². The zero-order valence-electron chi connectivity index (χ0n) is 19.6. The van der Waals surface area contributed by atoms with Crippen molar-refractivity contribution in [3.63, 3.8) is 0 Å². The van der Waals surface area contributed by atoms with Gasteiger partial charge in [0, 0.05) is 0 Å². The Balaban J connectivity index is 1.29. The lowest BCUT2D eigenvalue weighted by atomic mass is 9.62. The quantitative estimate of drug-likeness (QED) is 0.429.